The lowest BCUT2D eigenvalue weighted by Gasteiger charge is -2.17. The van der Waals surface area contributed by atoms with Crippen LogP contribution >= 0.6 is 23.4 Å². The van der Waals surface area contributed by atoms with Crippen molar-refractivity contribution in [1.82, 2.24) is 10.3 Å². The Morgan fingerprint density at radius 2 is 1.40 bits per heavy atom. The maximum absolute atomic E-state index is 13.7. The predicted molar refractivity (Wildman–Crippen MR) is 196 cm³/mol. The van der Waals surface area contributed by atoms with Crippen molar-refractivity contribution in [3.63, 3.8) is 0 Å². The van der Waals surface area contributed by atoms with E-state index in [4.69, 9.17) is 25.8 Å². The number of hydrogen-bond acceptors (Lipinski definition) is 8. The van der Waals surface area contributed by atoms with Gasteiger partial charge in [0.2, 0.25) is 5.91 Å². The summed E-state index contributed by atoms with van der Waals surface area (Å²) in [7, 11) is 4.49. The number of nitrogens with one attached hydrogen (secondary N) is 3. The molecule has 10 nitrogen and oxygen atoms in total. The highest BCUT2D eigenvalue weighted by molar-refractivity contribution is 8.00. The number of pyridine rings is 1. The molecule has 254 valence electrons. The molecule has 3 N–H and O–H groups in total. The van der Waals surface area contributed by atoms with E-state index in [0.29, 0.717) is 44.9 Å². The fourth-order valence-electron chi connectivity index (χ4n) is 4.76. The third kappa shape index (κ3) is 9.22. The smallest absolute Gasteiger partial charge is 0.272 e. The summed E-state index contributed by atoms with van der Waals surface area (Å²) in [6.07, 6.45) is 2.96. The fraction of sp³-hybridized carbons (Fsp3) is 0.105. The molecule has 0 aliphatic carbocycles. The number of thioether (sulfide) groups is 1. The van der Waals surface area contributed by atoms with Crippen LogP contribution in [-0.4, -0.2) is 44.0 Å². The molecule has 12 heteroatoms. The number of carbonyl (C=O) groups excluding carboxylic acids is 3. The van der Waals surface area contributed by atoms with Crippen LogP contribution in [0.2, 0.25) is 5.02 Å². The molecule has 0 aliphatic rings. The SMILES string of the molecule is COc1cc(OC)c(OC)cc1/C=C(\NC(=O)c1ccccc1)C(=O)Nc1ccc(SC(C(=O)Nc2ccc(Cl)cn2)c2ccccc2)cc1. The Hall–Kier alpha value is -5.78. The highest BCUT2D eigenvalue weighted by Gasteiger charge is 2.23. The van der Waals surface area contributed by atoms with Crippen LogP contribution < -0.4 is 30.2 Å². The third-order valence-electron chi connectivity index (χ3n) is 7.25. The summed E-state index contributed by atoms with van der Waals surface area (Å²) in [6.45, 7) is 0. The number of amides is 3. The lowest BCUT2D eigenvalue weighted by atomic mass is 10.1. The molecule has 0 saturated heterocycles. The quantitative estimate of drug-likeness (QED) is 0.0841. The van der Waals surface area contributed by atoms with E-state index in [2.05, 4.69) is 20.9 Å². The Labute approximate surface area is 298 Å². The van der Waals surface area contributed by atoms with E-state index < -0.39 is 17.1 Å². The number of rotatable bonds is 13. The molecule has 1 aromatic heterocycles. The van der Waals surface area contributed by atoms with Crippen LogP contribution in [0, 0.1) is 0 Å². The molecular weight excluding hydrogens is 676 g/mol. The molecule has 5 rings (SSSR count). The number of hydrogen-bond donors (Lipinski definition) is 3. The number of nitrogens with zero attached hydrogens (tertiary/aromatic N) is 1. The Morgan fingerprint density at radius 3 is 2.02 bits per heavy atom. The summed E-state index contributed by atoms with van der Waals surface area (Å²) in [6, 6.07) is 31.5. The van der Waals surface area contributed by atoms with Crippen molar-refractivity contribution in [2.45, 2.75) is 10.1 Å². The van der Waals surface area contributed by atoms with Gasteiger partial charge < -0.3 is 30.2 Å². The van der Waals surface area contributed by atoms with Crippen LogP contribution in [0.25, 0.3) is 6.08 Å². The van der Waals surface area contributed by atoms with Gasteiger partial charge in [-0.2, -0.15) is 0 Å². The zero-order chi connectivity index (χ0) is 35.5. The average Bonchev–Trinajstić information content (AvgIpc) is 3.15. The van der Waals surface area contributed by atoms with E-state index >= 15 is 0 Å². The molecule has 0 bridgehead atoms. The van der Waals surface area contributed by atoms with Crippen molar-refractivity contribution in [3.05, 3.63) is 143 Å². The molecule has 0 fully saturated rings. The van der Waals surface area contributed by atoms with Gasteiger partial charge in [0.25, 0.3) is 11.8 Å². The summed E-state index contributed by atoms with van der Waals surface area (Å²) in [5.74, 6) is 0.310. The number of anilines is 2. The number of methoxy groups -OCH3 is 3. The summed E-state index contributed by atoms with van der Waals surface area (Å²) >= 11 is 7.29. The minimum Gasteiger partial charge on any atom is -0.496 e. The molecule has 1 atom stereocenters. The first-order valence-electron chi connectivity index (χ1n) is 15.2. The number of ether oxygens (including phenoxy) is 3. The lowest BCUT2D eigenvalue weighted by Crippen LogP contribution is -2.30. The highest BCUT2D eigenvalue weighted by atomic mass is 35.5. The molecule has 3 amide bonds. The van der Waals surface area contributed by atoms with Crippen LogP contribution in [-0.2, 0) is 9.59 Å². The Kier molecular flexibility index (Phi) is 12.1. The molecular formula is C38H33ClN4O6S. The van der Waals surface area contributed by atoms with Gasteiger partial charge >= 0.3 is 0 Å². The second kappa shape index (κ2) is 17.0. The van der Waals surface area contributed by atoms with Crippen LogP contribution in [0.1, 0.15) is 26.7 Å². The van der Waals surface area contributed by atoms with Crippen LogP contribution in [0.3, 0.4) is 0 Å². The Bertz CT molecular complexity index is 1980. The number of halogens is 1. The average molecular weight is 709 g/mol. The molecule has 1 heterocycles. The highest BCUT2D eigenvalue weighted by Crippen LogP contribution is 2.37. The molecule has 0 radical (unpaired) electrons. The first-order valence-corrected chi connectivity index (χ1v) is 16.5. The molecule has 0 aliphatic heterocycles. The van der Waals surface area contributed by atoms with Crippen molar-refractivity contribution in [2.24, 2.45) is 0 Å². The number of aromatic nitrogens is 1. The van der Waals surface area contributed by atoms with Gasteiger partial charge in [-0.15, -0.1) is 11.8 Å². The van der Waals surface area contributed by atoms with E-state index in [0.717, 1.165) is 10.5 Å². The lowest BCUT2D eigenvalue weighted by molar-refractivity contribution is -0.116. The summed E-state index contributed by atoms with van der Waals surface area (Å²) in [5, 5.41) is 8.30. The van der Waals surface area contributed by atoms with Crippen molar-refractivity contribution in [3.8, 4) is 17.2 Å². The van der Waals surface area contributed by atoms with E-state index in [1.807, 2.05) is 30.3 Å². The minimum atomic E-state index is -0.603. The van der Waals surface area contributed by atoms with Crippen molar-refractivity contribution >= 4 is 58.7 Å². The summed E-state index contributed by atoms with van der Waals surface area (Å²) in [5.41, 5.74) is 2.06. The first kappa shape index (κ1) is 35.5. The maximum Gasteiger partial charge on any atom is 0.272 e. The van der Waals surface area contributed by atoms with E-state index in [-0.39, 0.29) is 11.6 Å². The second-order valence-electron chi connectivity index (χ2n) is 10.6. The Balaban J connectivity index is 1.38. The first-order chi connectivity index (χ1) is 24.3. The third-order valence-corrected chi connectivity index (χ3v) is 8.74. The summed E-state index contributed by atoms with van der Waals surface area (Å²) < 4.78 is 16.4. The van der Waals surface area contributed by atoms with Gasteiger partial charge in [0, 0.05) is 34.0 Å². The second-order valence-corrected chi connectivity index (χ2v) is 12.2. The van der Waals surface area contributed by atoms with Crippen LogP contribution in [0.4, 0.5) is 11.5 Å². The zero-order valence-electron chi connectivity index (χ0n) is 27.3. The van der Waals surface area contributed by atoms with Gasteiger partial charge in [-0.3, -0.25) is 14.4 Å². The maximum atomic E-state index is 13.7. The van der Waals surface area contributed by atoms with Gasteiger partial charge in [-0.25, -0.2) is 4.98 Å². The van der Waals surface area contributed by atoms with Gasteiger partial charge in [-0.1, -0.05) is 60.1 Å². The van der Waals surface area contributed by atoms with Crippen molar-refractivity contribution < 1.29 is 28.6 Å². The number of carbonyl (C=O) groups is 3. The molecule has 5 aromatic rings. The molecule has 50 heavy (non-hydrogen) atoms. The van der Waals surface area contributed by atoms with Gasteiger partial charge in [-0.05, 0) is 66.2 Å². The van der Waals surface area contributed by atoms with Crippen molar-refractivity contribution in [2.75, 3.05) is 32.0 Å². The molecule has 4 aromatic carbocycles. The molecule has 0 saturated carbocycles. The van der Waals surface area contributed by atoms with Crippen LogP contribution in [0.15, 0.2) is 126 Å². The fourth-order valence-corrected chi connectivity index (χ4v) is 5.89. The normalized spacial score (nSPS) is 11.6. The number of benzene rings is 4. The van der Waals surface area contributed by atoms with Gasteiger partial charge in [0.15, 0.2) is 11.5 Å². The monoisotopic (exact) mass is 708 g/mol. The zero-order valence-corrected chi connectivity index (χ0v) is 28.9. The standard InChI is InChI=1S/C38H33ClN4O6S/c1-47-31-22-33(49-3)32(48-2)21-26(31)20-30(42-36(44)25-12-8-5-9-13-25)37(45)41-28-15-17-29(18-16-28)50-35(24-10-6-4-7-11-24)38(46)43-34-19-14-27(39)23-40-34/h4-23,35H,1-3H3,(H,41,45)(H,42,44)(H,40,43,46)/b30-20-. The predicted octanol–water partition coefficient (Wildman–Crippen LogP) is 7.64. The largest absolute Gasteiger partial charge is 0.496 e. The topological polar surface area (TPSA) is 128 Å². The minimum absolute atomic E-state index is 0.0422. The molecule has 1 unspecified atom stereocenters. The van der Waals surface area contributed by atoms with Crippen LogP contribution in [0.5, 0.6) is 17.2 Å². The molecule has 0 spiro atoms. The Morgan fingerprint density at radius 1 is 0.760 bits per heavy atom. The van der Waals surface area contributed by atoms with Gasteiger partial charge in [0.1, 0.15) is 22.5 Å². The summed E-state index contributed by atoms with van der Waals surface area (Å²) in [4.78, 5) is 45.3. The van der Waals surface area contributed by atoms with Crippen molar-refractivity contribution in [1.29, 1.82) is 0 Å². The van der Waals surface area contributed by atoms with Gasteiger partial charge in [0.05, 0.1) is 26.4 Å². The van der Waals surface area contributed by atoms with E-state index in [1.54, 1.807) is 78.9 Å². The van der Waals surface area contributed by atoms with E-state index in [1.165, 1.54) is 45.4 Å². The van der Waals surface area contributed by atoms with E-state index in [9.17, 15) is 14.4 Å².